The lowest BCUT2D eigenvalue weighted by Gasteiger charge is -2.27. The van der Waals surface area contributed by atoms with Gasteiger partial charge in [0.25, 0.3) is 0 Å². The molecule has 2 aliphatic rings. The standard InChI is InChI=1S/C76H58N2/c1-75(2)67-47-55(51-35-41-61(42-36-51)77(57-27-15-7-16-28-57)58-29-17-8-18-30-58)39-45-63(67)73-69(75)49-65-66(71(73)53-23-11-5-12-24-53)50-70-74(72(65)54-25-13-6-14-26-54)64-46-40-56(48-68(64)76(70,3)4)52-37-43-62(44-38-52)78(59-31-19-9-20-32-59)60-33-21-10-22-34-60/h5-50H,1-4H3. The highest BCUT2D eigenvalue weighted by Crippen LogP contribution is 2.60. The first-order chi connectivity index (χ1) is 38.2. The molecule has 14 rings (SSSR count). The molecule has 0 aromatic heterocycles. The van der Waals surface area contributed by atoms with E-state index >= 15 is 0 Å². The zero-order chi connectivity index (χ0) is 52.5. The monoisotopic (exact) mass is 998 g/mol. The first-order valence-corrected chi connectivity index (χ1v) is 27.3. The van der Waals surface area contributed by atoms with E-state index in [1.165, 1.54) is 99.8 Å². The van der Waals surface area contributed by atoms with Gasteiger partial charge in [-0.1, -0.05) is 210 Å². The molecule has 0 N–H and O–H groups in total. The van der Waals surface area contributed by atoms with Crippen molar-refractivity contribution in [3.05, 3.63) is 301 Å². The Morgan fingerprint density at radius 2 is 0.487 bits per heavy atom. The smallest absolute Gasteiger partial charge is 0.0462 e. The number of rotatable bonds is 10. The number of hydrogen-bond acceptors (Lipinski definition) is 2. The molecule has 12 aromatic rings. The van der Waals surface area contributed by atoms with Crippen molar-refractivity contribution in [2.45, 2.75) is 38.5 Å². The molecule has 0 amide bonds. The van der Waals surface area contributed by atoms with Gasteiger partial charge in [-0.2, -0.15) is 0 Å². The first-order valence-electron chi connectivity index (χ1n) is 27.3. The quantitative estimate of drug-likeness (QED) is 0.135. The molecular formula is C76H58N2. The Hall–Kier alpha value is -9.50. The number of anilines is 6. The highest BCUT2D eigenvalue weighted by molar-refractivity contribution is 6.17. The summed E-state index contributed by atoms with van der Waals surface area (Å²) in [5.41, 5.74) is 26.9. The van der Waals surface area contributed by atoms with Gasteiger partial charge >= 0.3 is 0 Å². The van der Waals surface area contributed by atoms with Crippen LogP contribution in [-0.2, 0) is 10.8 Å². The van der Waals surface area contributed by atoms with Gasteiger partial charge in [0.2, 0.25) is 0 Å². The van der Waals surface area contributed by atoms with E-state index in [0.29, 0.717) is 0 Å². The first kappa shape index (κ1) is 47.0. The van der Waals surface area contributed by atoms with Crippen LogP contribution in [0.5, 0.6) is 0 Å². The fourth-order valence-corrected chi connectivity index (χ4v) is 12.9. The van der Waals surface area contributed by atoms with E-state index in [9.17, 15) is 0 Å². The molecule has 2 heteroatoms. The van der Waals surface area contributed by atoms with E-state index in [4.69, 9.17) is 0 Å². The molecular weight excluding hydrogens is 941 g/mol. The summed E-state index contributed by atoms with van der Waals surface area (Å²) in [4.78, 5) is 4.65. The summed E-state index contributed by atoms with van der Waals surface area (Å²) >= 11 is 0. The van der Waals surface area contributed by atoms with Gasteiger partial charge in [0, 0.05) is 45.0 Å². The van der Waals surface area contributed by atoms with Crippen LogP contribution in [0.2, 0.25) is 0 Å². The second-order valence-electron chi connectivity index (χ2n) is 22.1. The Morgan fingerprint density at radius 3 is 0.795 bits per heavy atom. The van der Waals surface area contributed by atoms with Gasteiger partial charge in [0.1, 0.15) is 0 Å². The van der Waals surface area contributed by atoms with Crippen molar-refractivity contribution in [2.75, 3.05) is 9.80 Å². The molecule has 0 spiro atoms. The average molecular weight is 999 g/mol. The van der Waals surface area contributed by atoms with Crippen molar-refractivity contribution >= 4 is 44.9 Å². The molecule has 0 bridgehead atoms. The predicted octanol–water partition coefficient (Wildman–Crippen LogP) is 21.1. The van der Waals surface area contributed by atoms with Crippen LogP contribution in [0.1, 0.15) is 49.9 Å². The van der Waals surface area contributed by atoms with Crippen LogP contribution < -0.4 is 9.80 Å². The van der Waals surface area contributed by atoms with E-state index in [-0.39, 0.29) is 10.8 Å². The maximum absolute atomic E-state index is 2.57. The van der Waals surface area contributed by atoms with E-state index in [0.717, 1.165) is 34.1 Å². The van der Waals surface area contributed by atoms with Crippen molar-refractivity contribution in [2.24, 2.45) is 0 Å². The normalized spacial score (nSPS) is 13.3. The van der Waals surface area contributed by atoms with Crippen molar-refractivity contribution < 1.29 is 0 Å². The Labute approximate surface area is 458 Å². The highest BCUT2D eigenvalue weighted by atomic mass is 15.1. The second-order valence-corrected chi connectivity index (χ2v) is 22.1. The summed E-state index contributed by atoms with van der Waals surface area (Å²) in [6, 6.07) is 103. The van der Waals surface area contributed by atoms with E-state index in [2.05, 4.69) is 317 Å². The van der Waals surface area contributed by atoms with Crippen LogP contribution in [0, 0.1) is 0 Å². The molecule has 12 aromatic carbocycles. The van der Waals surface area contributed by atoms with Crippen LogP contribution in [0.25, 0.3) is 77.5 Å². The number of fused-ring (bicyclic) bond motifs is 7. The Bertz CT molecular complexity index is 3830. The summed E-state index contributed by atoms with van der Waals surface area (Å²) in [7, 11) is 0. The van der Waals surface area contributed by atoms with Crippen LogP contribution in [-0.4, -0.2) is 0 Å². The largest absolute Gasteiger partial charge is 0.311 e. The van der Waals surface area contributed by atoms with Gasteiger partial charge in [-0.15, -0.1) is 0 Å². The van der Waals surface area contributed by atoms with Crippen molar-refractivity contribution in [1.29, 1.82) is 0 Å². The van der Waals surface area contributed by atoms with Crippen LogP contribution >= 0.6 is 0 Å². The molecule has 2 nitrogen and oxygen atoms in total. The molecule has 0 unspecified atom stereocenters. The highest BCUT2D eigenvalue weighted by Gasteiger charge is 2.42. The van der Waals surface area contributed by atoms with Crippen molar-refractivity contribution in [3.8, 4) is 66.8 Å². The summed E-state index contributed by atoms with van der Waals surface area (Å²) < 4.78 is 0. The maximum Gasteiger partial charge on any atom is 0.0462 e. The van der Waals surface area contributed by atoms with Gasteiger partial charge in [0.05, 0.1) is 0 Å². The summed E-state index contributed by atoms with van der Waals surface area (Å²) in [5, 5.41) is 2.58. The zero-order valence-electron chi connectivity index (χ0n) is 44.5. The molecule has 78 heavy (non-hydrogen) atoms. The number of hydrogen-bond donors (Lipinski definition) is 0. The lowest BCUT2D eigenvalue weighted by molar-refractivity contribution is 0.660. The number of para-hydroxylation sites is 4. The van der Waals surface area contributed by atoms with Crippen LogP contribution in [0.15, 0.2) is 279 Å². The minimum absolute atomic E-state index is 0.288. The lowest BCUT2D eigenvalue weighted by atomic mass is 9.76. The third-order valence-corrected chi connectivity index (χ3v) is 16.8. The van der Waals surface area contributed by atoms with Gasteiger partial charge in [-0.05, 0) is 197 Å². The molecule has 0 fully saturated rings. The Balaban J connectivity index is 0.899. The van der Waals surface area contributed by atoms with E-state index in [1.807, 2.05) is 0 Å². The average Bonchev–Trinajstić information content (AvgIpc) is 3.70. The van der Waals surface area contributed by atoms with Gasteiger partial charge in [-0.3, -0.25) is 0 Å². The molecule has 372 valence electrons. The molecule has 0 atom stereocenters. The topological polar surface area (TPSA) is 6.48 Å². The van der Waals surface area contributed by atoms with Gasteiger partial charge in [0.15, 0.2) is 0 Å². The van der Waals surface area contributed by atoms with E-state index in [1.54, 1.807) is 0 Å². The summed E-state index contributed by atoms with van der Waals surface area (Å²) in [5.74, 6) is 0. The van der Waals surface area contributed by atoms with Crippen LogP contribution in [0.4, 0.5) is 34.1 Å². The minimum atomic E-state index is -0.288. The molecule has 0 aliphatic heterocycles. The lowest BCUT2D eigenvalue weighted by Crippen LogP contribution is -2.16. The Kier molecular flexibility index (Phi) is 11.2. The number of benzene rings is 12. The molecule has 2 aliphatic carbocycles. The summed E-state index contributed by atoms with van der Waals surface area (Å²) in [6.07, 6.45) is 0. The molecule has 0 saturated heterocycles. The predicted molar refractivity (Wildman–Crippen MR) is 330 cm³/mol. The Morgan fingerprint density at radius 1 is 0.218 bits per heavy atom. The maximum atomic E-state index is 2.57. The van der Waals surface area contributed by atoms with Crippen LogP contribution in [0.3, 0.4) is 0 Å². The molecule has 0 heterocycles. The fraction of sp³-hybridized carbons (Fsp3) is 0.0789. The number of nitrogens with zero attached hydrogens (tertiary/aromatic N) is 2. The van der Waals surface area contributed by atoms with Crippen molar-refractivity contribution in [1.82, 2.24) is 0 Å². The fourth-order valence-electron chi connectivity index (χ4n) is 12.9. The van der Waals surface area contributed by atoms with E-state index < -0.39 is 0 Å². The third kappa shape index (κ3) is 7.70. The van der Waals surface area contributed by atoms with Gasteiger partial charge in [-0.25, -0.2) is 0 Å². The van der Waals surface area contributed by atoms with Gasteiger partial charge < -0.3 is 9.80 Å². The minimum Gasteiger partial charge on any atom is -0.311 e. The zero-order valence-corrected chi connectivity index (χ0v) is 44.5. The van der Waals surface area contributed by atoms with Crippen molar-refractivity contribution in [3.63, 3.8) is 0 Å². The SMILES string of the molecule is CC1(C)c2cc(-c3ccc(N(c4ccccc4)c4ccccc4)cc3)ccc2-c2c1cc1c(-c3ccccc3)c3c(cc1c2-c1ccccc1)C(C)(C)c1cc(-c2ccc(N(c4ccccc4)c4ccccc4)cc2)ccc1-3. The third-order valence-electron chi connectivity index (χ3n) is 16.8. The summed E-state index contributed by atoms with van der Waals surface area (Å²) in [6.45, 7) is 9.74. The second kappa shape index (κ2) is 18.7. The molecule has 0 saturated carbocycles. The molecule has 0 radical (unpaired) electrons.